The summed E-state index contributed by atoms with van der Waals surface area (Å²) >= 11 is 0. The molecule has 3 amide bonds. The normalized spacial score (nSPS) is 20.2. The van der Waals surface area contributed by atoms with E-state index < -0.39 is 53.6 Å². The molecule has 0 radical (unpaired) electrons. The van der Waals surface area contributed by atoms with Crippen molar-refractivity contribution in [2.45, 2.75) is 64.8 Å². The van der Waals surface area contributed by atoms with Gasteiger partial charge in [0, 0.05) is 11.9 Å². The summed E-state index contributed by atoms with van der Waals surface area (Å²) in [5.74, 6) is -2.85. The second kappa shape index (κ2) is 14.0. The number of aromatic nitrogens is 1. The van der Waals surface area contributed by atoms with Gasteiger partial charge >= 0.3 is 12.1 Å². The van der Waals surface area contributed by atoms with Crippen molar-refractivity contribution in [1.82, 2.24) is 26.1 Å². The van der Waals surface area contributed by atoms with E-state index in [0.717, 1.165) is 5.39 Å². The number of hydrazine groups is 1. The number of hydrogen-bond acceptors (Lipinski definition) is 10. The molecule has 14 heteroatoms. The number of benzene rings is 1. The second-order valence-electron chi connectivity index (χ2n) is 11.8. The number of rotatable bonds is 10. The van der Waals surface area contributed by atoms with Crippen LogP contribution in [0.2, 0.25) is 0 Å². The standard InChI is InChI=1S/C31H39N5O9/c1-17(2)25(37)27(39)33-19(4)28(40)36-13-5-6-23(35-36)26(38)32-18(3)22-10-9-21-8-7-20(14-24(21)34-22)11-12-31(29(41)42)15-44-30(43)45-16-31/h7-12,14,17-19,23,25,35,37H,5-6,13,15-16H2,1-4H3,(H,32,38)(H,33,39)(H,41,42)/b12-11+/t18-,19+,23+,25+/m1/s1. The molecule has 2 aliphatic heterocycles. The Morgan fingerprint density at radius 3 is 2.44 bits per heavy atom. The van der Waals surface area contributed by atoms with Gasteiger partial charge in [-0.05, 0) is 50.3 Å². The van der Waals surface area contributed by atoms with E-state index in [9.17, 15) is 34.2 Å². The largest absolute Gasteiger partial charge is 0.508 e. The maximum absolute atomic E-state index is 13.2. The van der Waals surface area contributed by atoms with Crippen LogP contribution in [0.3, 0.4) is 0 Å². The van der Waals surface area contributed by atoms with Crippen molar-refractivity contribution in [2.24, 2.45) is 11.3 Å². The number of carbonyl (C=O) groups excluding carboxylic acids is 4. The van der Waals surface area contributed by atoms with Crippen molar-refractivity contribution in [3.05, 3.63) is 47.7 Å². The number of nitrogens with zero attached hydrogens (tertiary/aromatic N) is 2. The molecule has 0 spiro atoms. The highest BCUT2D eigenvalue weighted by molar-refractivity contribution is 5.90. The molecule has 0 unspecified atom stereocenters. The summed E-state index contributed by atoms with van der Waals surface area (Å²) in [6.45, 7) is 6.39. The summed E-state index contributed by atoms with van der Waals surface area (Å²) < 4.78 is 9.60. The number of fused-ring (bicyclic) bond motifs is 1. The summed E-state index contributed by atoms with van der Waals surface area (Å²) in [5.41, 5.74) is 3.34. The minimum atomic E-state index is -1.51. The summed E-state index contributed by atoms with van der Waals surface area (Å²) in [5, 5.41) is 27.3. The average Bonchev–Trinajstić information content (AvgIpc) is 3.03. The number of aliphatic hydroxyl groups is 1. The van der Waals surface area contributed by atoms with Crippen LogP contribution in [0.5, 0.6) is 0 Å². The molecule has 2 aromatic rings. The lowest BCUT2D eigenvalue weighted by Gasteiger charge is -2.35. The zero-order valence-corrected chi connectivity index (χ0v) is 25.6. The zero-order valence-electron chi connectivity index (χ0n) is 25.6. The Morgan fingerprint density at radius 2 is 1.78 bits per heavy atom. The van der Waals surface area contributed by atoms with Crippen molar-refractivity contribution >= 4 is 46.8 Å². The van der Waals surface area contributed by atoms with Crippen LogP contribution in [-0.2, 0) is 28.7 Å². The molecule has 2 saturated heterocycles. The number of hydrogen-bond donors (Lipinski definition) is 5. The van der Waals surface area contributed by atoms with Crippen LogP contribution in [0.15, 0.2) is 36.4 Å². The predicted octanol–water partition coefficient (Wildman–Crippen LogP) is 1.68. The van der Waals surface area contributed by atoms with Gasteiger partial charge in [-0.3, -0.25) is 29.2 Å². The summed E-state index contributed by atoms with van der Waals surface area (Å²) in [7, 11) is 0. The molecular formula is C31H39N5O9. The first-order chi connectivity index (χ1) is 21.3. The van der Waals surface area contributed by atoms with Gasteiger partial charge in [-0.1, -0.05) is 44.2 Å². The molecular weight excluding hydrogens is 586 g/mol. The number of pyridine rings is 1. The van der Waals surface area contributed by atoms with Gasteiger partial charge in [-0.2, -0.15) is 0 Å². The highest BCUT2D eigenvalue weighted by Crippen LogP contribution is 2.27. The fourth-order valence-electron chi connectivity index (χ4n) is 4.92. The Labute approximate surface area is 260 Å². The van der Waals surface area contributed by atoms with E-state index in [1.54, 1.807) is 45.0 Å². The fourth-order valence-corrected chi connectivity index (χ4v) is 4.92. The lowest BCUT2D eigenvalue weighted by molar-refractivity contribution is -0.155. The van der Waals surface area contributed by atoms with Gasteiger partial charge in [-0.15, -0.1) is 0 Å². The molecule has 2 aliphatic rings. The third-order valence-corrected chi connectivity index (χ3v) is 7.85. The SMILES string of the molecule is CC(C)[C@H](O)C(=O)N[C@@H](C)C(=O)N1CCC[C@@H](C(=O)N[C@H](C)c2ccc3ccc(/C=C/C4(C(=O)O)COC(=O)OC4)cc3n2)N1. The Morgan fingerprint density at radius 1 is 1.09 bits per heavy atom. The van der Waals surface area contributed by atoms with Crippen LogP contribution in [0.4, 0.5) is 4.79 Å². The van der Waals surface area contributed by atoms with Gasteiger partial charge in [-0.25, -0.2) is 10.2 Å². The first kappa shape index (κ1) is 33.3. The molecule has 0 aliphatic carbocycles. The monoisotopic (exact) mass is 625 g/mol. The lowest BCUT2D eigenvalue weighted by Crippen LogP contribution is -2.61. The molecule has 4 atom stereocenters. The minimum absolute atomic E-state index is 0.302. The van der Waals surface area contributed by atoms with E-state index in [-0.39, 0.29) is 25.0 Å². The molecule has 14 nitrogen and oxygen atoms in total. The maximum Gasteiger partial charge on any atom is 0.508 e. The number of amides is 3. The van der Waals surface area contributed by atoms with Crippen LogP contribution in [-0.4, -0.2) is 88.0 Å². The van der Waals surface area contributed by atoms with Crippen molar-refractivity contribution in [2.75, 3.05) is 19.8 Å². The molecule has 0 bridgehead atoms. The van der Waals surface area contributed by atoms with Crippen LogP contribution in [0, 0.1) is 11.3 Å². The molecule has 1 aromatic carbocycles. The Bertz CT molecular complexity index is 1480. The van der Waals surface area contributed by atoms with Gasteiger partial charge in [0.25, 0.3) is 5.91 Å². The van der Waals surface area contributed by atoms with Crippen molar-refractivity contribution in [3.8, 4) is 0 Å². The molecule has 4 rings (SSSR count). The van der Waals surface area contributed by atoms with E-state index in [0.29, 0.717) is 36.2 Å². The van der Waals surface area contributed by atoms with Gasteiger partial charge in [0.2, 0.25) is 11.8 Å². The number of nitrogens with one attached hydrogen (secondary N) is 3. The summed E-state index contributed by atoms with van der Waals surface area (Å²) in [4.78, 5) is 66.2. The lowest BCUT2D eigenvalue weighted by atomic mass is 9.88. The second-order valence-corrected chi connectivity index (χ2v) is 11.8. The maximum atomic E-state index is 13.2. The van der Waals surface area contributed by atoms with E-state index in [4.69, 9.17) is 14.5 Å². The first-order valence-electron chi connectivity index (χ1n) is 14.8. The van der Waals surface area contributed by atoms with Gasteiger partial charge in [0.05, 0.1) is 17.3 Å². The number of ether oxygens (including phenoxy) is 2. The van der Waals surface area contributed by atoms with Crippen LogP contribution < -0.4 is 16.1 Å². The van der Waals surface area contributed by atoms with E-state index in [2.05, 4.69) is 16.1 Å². The fraction of sp³-hybridized carbons (Fsp3) is 0.484. The summed E-state index contributed by atoms with van der Waals surface area (Å²) in [6, 6.07) is 7.03. The van der Waals surface area contributed by atoms with Crippen molar-refractivity contribution < 1.29 is 43.7 Å². The topological polar surface area (TPSA) is 196 Å². The minimum Gasteiger partial charge on any atom is -0.480 e. The quantitative estimate of drug-likeness (QED) is 0.241. The zero-order chi connectivity index (χ0) is 32.9. The van der Waals surface area contributed by atoms with E-state index in [1.165, 1.54) is 18.0 Å². The van der Waals surface area contributed by atoms with Gasteiger partial charge < -0.3 is 30.3 Å². The van der Waals surface area contributed by atoms with E-state index in [1.807, 2.05) is 12.1 Å². The molecule has 2 fully saturated rings. The van der Waals surface area contributed by atoms with Crippen LogP contribution >= 0.6 is 0 Å². The Kier molecular flexibility index (Phi) is 10.4. The number of cyclic esters (lactones) is 2. The van der Waals surface area contributed by atoms with Crippen molar-refractivity contribution in [3.63, 3.8) is 0 Å². The average molecular weight is 626 g/mol. The third kappa shape index (κ3) is 7.94. The highest BCUT2D eigenvalue weighted by Gasteiger charge is 2.43. The predicted molar refractivity (Wildman–Crippen MR) is 161 cm³/mol. The molecule has 5 N–H and O–H groups in total. The number of carboxylic acid groups (broad SMARTS) is 1. The van der Waals surface area contributed by atoms with E-state index >= 15 is 0 Å². The molecule has 242 valence electrons. The molecule has 1 aromatic heterocycles. The number of aliphatic carboxylic acids is 1. The van der Waals surface area contributed by atoms with Crippen LogP contribution in [0.1, 0.15) is 57.8 Å². The number of carboxylic acids is 1. The molecule has 0 saturated carbocycles. The third-order valence-electron chi connectivity index (χ3n) is 7.85. The molecule has 45 heavy (non-hydrogen) atoms. The smallest absolute Gasteiger partial charge is 0.480 e. The van der Waals surface area contributed by atoms with Crippen molar-refractivity contribution in [1.29, 1.82) is 0 Å². The Hall–Kier alpha value is -4.56. The number of carbonyl (C=O) groups is 5. The van der Waals surface area contributed by atoms with Crippen LogP contribution in [0.25, 0.3) is 17.0 Å². The van der Waals surface area contributed by atoms with Gasteiger partial charge in [0.15, 0.2) is 5.41 Å². The summed E-state index contributed by atoms with van der Waals surface area (Å²) in [6.07, 6.45) is 1.97. The molecule has 3 heterocycles. The number of aliphatic hydroxyl groups excluding tert-OH is 1. The highest BCUT2D eigenvalue weighted by atomic mass is 16.7. The first-order valence-corrected chi connectivity index (χ1v) is 14.8. The Balaban J connectivity index is 1.39. The van der Waals surface area contributed by atoms with Gasteiger partial charge in [0.1, 0.15) is 31.4 Å².